The summed E-state index contributed by atoms with van der Waals surface area (Å²) < 4.78 is 6.08. The number of benzene rings is 1. The molecule has 0 amide bonds. The normalized spacial score (nSPS) is 11.0. The van der Waals surface area contributed by atoms with Crippen LogP contribution in [0.15, 0.2) is 30.6 Å². The van der Waals surface area contributed by atoms with Crippen molar-refractivity contribution in [3.63, 3.8) is 0 Å². The Morgan fingerprint density at radius 2 is 2.05 bits per heavy atom. The number of nitrogens with zero attached hydrogens (tertiary/aromatic N) is 1. The van der Waals surface area contributed by atoms with Gasteiger partial charge in [0.1, 0.15) is 11.5 Å². The smallest absolute Gasteiger partial charge is 0.150 e. The number of nitrogens with one attached hydrogen (secondary N) is 1. The van der Waals surface area contributed by atoms with Gasteiger partial charge in [-0.05, 0) is 49.2 Å². The fourth-order valence-electron chi connectivity index (χ4n) is 2.18. The lowest BCUT2D eigenvalue weighted by atomic mass is 10.0. The third-order valence-electron chi connectivity index (χ3n) is 3.37. The van der Waals surface area contributed by atoms with Crippen LogP contribution in [0, 0.1) is 6.92 Å². The van der Waals surface area contributed by atoms with Crippen molar-refractivity contribution < 1.29 is 4.74 Å². The standard InChI is InChI=1S/C17H21ClN2O/c1-11(2)14-8-16(12(3)7-15(14)18)21-17-10-20-6-5-13(17)9-19-4/h5-8,10-11,19H,9H2,1-4H3. The Balaban J connectivity index is 2.38. The SMILES string of the molecule is CNCc1ccncc1Oc1cc(C(C)C)c(Cl)cc1C. The van der Waals surface area contributed by atoms with E-state index >= 15 is 0 Å². The molecule has 1 aromatic carbocycles. The van der Waals surface area contributed by atoms with Gasteiger partial charge in [-0.3, -0.25) is 4.98 Å². The number of pyridine rings is 1. The highest BCUT2D eigenvalue weighted by Gasteiger charge is 2.12. The number of aryl methyl sites for hydroxylation is 1. The Labute approximate surface area is 131 Å². The van der Waals surface area contributed by atoms with Crippen LogP contribution >= 0.6 is 11.6 Å². The van der Waals surface area contributed by atoms with E-state index in [1.807, 2.05) is 32.2 Å². The van der Waals surface area contributed by atoms with Crippen LogP contribution in [0.3, 0.4) is 0 Å². The molecule has 4 heteroatoms. The Kier molecular flexibility index (Phi) is 5.21. The van der Waals surface area contributed by atoms with Crippen molar-refractivity contribution in [1.82, 2.24) is 10.3 Å². The molecule has 112 valence electrons. The topological polar surface area (TPSA) is 34.2 Å². The van der Waals surface area contributed by atoms with Crippen molar-refractivity contribution in [3.05, 3.63) is 52.3 Å². The minimum atomic E-state index is 0.353. The number of hydrogen-bond donors (Lipinski definition) is 1. The predicted molar refractivity (Wildman–Crippen MR) is 87.4 cm³/mol. The van der Waals surface area contributed by atoms with Gasteiger partial charge >= 0.3 is 0 Å². The molecule has 1 heterocycles. The first-order valence-corrected chi connectivity index (χ1v) is 7.46. The number of halogens is 1. The average molecular weight is 305 g/mol. The first kappa shape index (κ1) is 15.8. The molecule has 0 radical (unpaired) electrons. The Bertz CT molecular complexity index is 626. The lowest BCUT2D eigenvalue weighted by Gasteiger charge is -2.16. The summed E-state index contributed by atoms with van der Waals surface area (Å²) in [5, 5.41) is 3.92. The first-order valence-electron chi connectivity index (χ1n) is 7.08. The third kappa shape index (κ3) is 3.74. The quantitative estimate of drug-likeness (QED) is 0.871. The van der Waals surface area contributed by atoms with E-state index in [9.17, 15) is 0 Å². The zero-order valence-corrected chi connectivity index (χ0v) is 13.7. The van der Waals surface area contributed by atoms with Gasteiger partial charge < -0.3 is 10.1 Å². The summed E-state index contributed by atoms with van der Waals surface area (Å²) in [6.07, 6.45) is 3.52. The van der Waals surface area contributed by atoms with Gasteiger partial charge in [-0.1, -0.05) is 25.4 Å². The van der Waals surface area contributed by atoms with Crippen LogP contribution in [0.5, 0.6) is 11.5 Å². The molecule has 1 aromatic heterocycles. The highest BCUT2D eigenvalue weighted by Crippen LogP contribution is 2.34. The maximum atomic E-state index is 6.30. The van der Waals surface area contributed by atoms with E-state index in [1.54, 1.807) is 12.4 Å². The minimum absolute atomic E-state index is 0.353. The molecule has 2 aromatic rings. The van der Waals surface area contributed by atoms with Crippen LogP contribution < -0.4 is 10.1 Å². The Hall–Kier alpha value is -1.58. The second-order valence-corrected chi connectivity index (χ2v) is 5.82. The molecular formula is C17H21ClN2O. The highest BCUT2D eigenvalue weighted by molar-refractivity contribution is 6.31. The number of ether oxygens (including phenoxy) is 1. The van der Waals surface area contributed by atoms with Crippen molar-refractivity contribution in [2.24, 2.45) is 0 Å². The zero-order valence-electron chi connectivity index (χ0n) is 12.9. The van der Waals surface area contributed by atoms with E-state index in [1.165, 1.54) is 0 Å². The van der Waals surface area contributed by atoms with Gasteiger partial charge in [-0.25, -0.2) is 0 Å². The molecule has 3 nitrogen and oxygen atoms in total. The molecule has 2 rings (SSSR count). The van der Waals surface area contributed by atoms with Gasteiger partial charge in [0.15, 0.2) is 0 Å². The third-order valence-corrected chi connectivity index (χ3v) is 3.70. The van der Waals surface area contributed by atoms with Gasteiger partial charge in [0, 0.05) is 23.3 Å². The molecule has 1 N–H and O–H groups in total. The summed E-state index contributed by atoms with van der Waals surface area (Å²) in [5.41, 5.74) is 3.19. The molecule has 0 aliphatic rings. The van der Waals surface area contributed by atoms with E-state index < -0.39 is 0 Å². The molecule has 0 atom stereocenters. The van der Waals surface area contributed by atoms with Gasteiger partial charge in [0.05, 0.1) is 6.20 Å². The molecular weight excluding hydrogens is 284 g/mol. The number of rotatable bonds is 5. The summed E-state index contributed by atoms with van der Waals surface area (Å²) in [4.78, 5) is 4.15. The Morgan fingerprint density at radius 1 is 1.29 bits per heavy atom. The van der Waals surface area contributed by atoms with Crippen molar-refractivity contribution >= 4 is 11.6 Å². The molecule has 0 bridgehead atoms. The maximum Gasteiger partial charge on any atom is 0.150 e. The van der Waals surface area contributed by atoms with Gasteiger partial charge in [-0.15, -0.1) is 0 Å². The fourth-order valence-corrected chi connectivity index (χ4v) is 2.61. The van der Waals surface area contributed by atoms with E-state index in [4.69, 9.17) is 16.3 Å². The molecule has 21 heavy (non-hydrogen) atoms. The number of aromatic nitrogens is 1. The monoisotopic (exact) mass is 304 g/mol. The van der Waals surface area contributed by atoms with Gasteiger partial charge in [-0.2, -0.15) is 0 Å². The largest absolute Gasteiger partial charge is 0.455 e. The molecule has 0 unspecified atom stereocenters. The van der Waals surface area contributed by atoms with Gasteiger partial charge in [0.25, 0.3) is 0 Å². The molecule has 0 saturated heterocycles. The second-order valence-electron chi connectivity index (χ2n) is 5.41. The molecule has 0 saturated carbocycles. The van der Waals surface area contributed by atoms with Crippen molar-refractivity contribution in [2.75, 3.05) is 7.05 Å². The zero-order chi connectivity index (χ0) is 15.4. The summed E-state index contributed by atoms with van der Waals surface area (Å²) in [6.45, 7) is 6.98. The van der Waals surface area contributed by atoms with E-state index in [0.717, 1.165) is 39.8 Å². The molecule has 0 fully saturated rings. The molecule has 0 spiro atoms. The van der Waals surface area contributed by atoms with Crippen molar-refractivity contribution in [3.8, 4) is 11.5 Å². The van der Waals surface area contributed by atoms with Crippen LogP contribution in [-0.4, -0.2) is 12.0 Å². The minimum Gasteiger partial charge on any atom is -0.455 e. The fraction of sp³-hybridized carbons (Fsp3) is 0.353. The van der Waals surface area contributed by atoms with E-state index in [-0.39, 0.29) is 0 Å². The summed E-state index contributed by atoms with van der Waals surface area (Å²) >= 11 is 6.30. The van der Waals surface area contributed by atoms with Crippen LogP contribution in [-0.2, 0) is 6.54 Å². The van der Waals surface area contributed by atoms with Gasteiger partial charge in [0.2, 0.25) is 0 Å². The van der Waals surface area contributed by atoms with E-state index in [2.05, 4.69) is 24.1 Å². The van der Waals surface area contributed by atoms with Crippen LogP contribution in [0.4, 0.5) is 0 Å². The maximum absolute atomic E-state index is 6.30. The highest BCUT2D eigenvalue weighted by atomic mass is 35.5. The summed E-state index contributed by atoms with van der Waals surface area (Å²) in [6, 6.07) is 5.94. The van der Waals surface area contributed by atoms with Crippen molar-refractivity contribution in [1.29, 1.82) is 0 Å². The number of hydrogen-bond acceptors (Lipinski definition) is 3. The lowest BCUT2D eigenvalue weighted by molar-refractivity contribution is 0.467. The lowest BCUT2D eigenvalue weighted by Crippen LogP contribution is -2.06. The molecule has 0 aliphatic carbocycles. The first-order chi connectivity index (χ1) is 10.0. The predicted octanol–water partition coefficient (Wildman–Crippen LogP) is 4.68. The average Bonchev–Trinajstić information content (AvgIpc) is 2.43. The van der Waals surface area contributed by atoms with Crippen LogP contribution in [0.2, 0.25) is 5.02 Å². The van der Waals surface area contributed by atoms with Crippen molar-refractivity contribution in [2.45, 2.75) is 33.2 Å². The summed E-state index contributed by atoms with van der Waals surface area (Å²) in [5.74, 6) is 1.95. The molecule has 0 aliphatic heterocycles. The van der Waals surface area contributed by atoms with Crippen LogP contribution in [0.1, 0.15) is 36.5 Å². The van der Waals surface area contributed by atoms with E-state index in [0.29, 0.717) is 5.92 Å². The Morgan fingerprint density at radius 3 is 2.71 bits per heavy atom. The summed E-state index contributed by atoms with van der Waals surface area (Å²) in [7, 11) is 1.91. The second kappa shape index (κ2) is 6.92. The van der Waals surface area contributed by atoms with Crippen LogP contribution in [0.25, 0.3) is 0 Å².